The summed E-state index contributed by atoms with van der Waals surface area (Å²) in [6, 6.07) is 0.654. The molecule has 1 N–H and O–H groups in total. The minimum Gasteiger partial charge on any atom is -0.281 e. The summed E-state index contributed by atoms with van der Waals surface area (Å²) in [6.45, 7) is 4.34. The van der Waals surface area contributed by atoms with Gasteiger partial charge in [-0.25, -0.2) is 11.1 Å². The van der Waals surface area contributed by atoms with E-state index >= 15 is 0 Å². The summed E-state index contributed by atoms with van der Waals surface area (Å²) in [6.07, 6.45) is 4.44. The van der Waals surface area contributed by atoms with E-state index in [1.165, 1.54) is 0 Å². The van der Waals surface area contributed by atoms with Crippen molar-refractivity contribution in [3.8, 4) is 0 Å². The molecule has 0 saturated carbocycles. The summed E-state index contributed by atoms with van der Waals surface area (Å²) < 4.78 is 3.37. The van der Waals surface area contributed by atoms with Crippen molar-refractivity contribution >= 4 is 11.1 Å². The fraction of sp³-hybridized carbons (Fsp3) is 1.00. The third-order valence-electron chi connectivity index (χ3n) is 0.516. The summed E-state index contributed by atoms with van der Waals surface area (Å²) in [5.74, 6) is 0. The molecule has 0 bridgehead atoms. The molecule has 0 saturated heterocycles. The average Bonchev–Trinajstić information content (AvgIpc) is 1.27. The van der Waals surface area contributed by atoms with E-state index in [4.69, 9.17) is 0 Å². The summed E-state index contributed by atoms with van der Waals surface area (Å²) >= 11 is 0.110. The predicted octanol–water partition coefficient (Wildman–Crippen LogP) is 1.16. The molecule has 0 aromatic carbocycles. The molecular weight excluding hydrogens is 106 g/mol. The smallest absolute Gasteiger partial charge is 0.00973 e. The van der Waals surface area contributed by atoms with Crippen molar-refractivity contribution in [1.29, 1.82) is 0 Å². The Kier molecular flexibility index (Phi) is 3.48. The fourth-order valence-corrected chi connectivity index (χ4v) is 1.55. The highest BCUT2D eigenvalue weighted by Gasteiger charge is 1.88. The van der Waals surface area contributed by atoms with Gasteiger partial charge in [0.05, 0.1) is 0 Å². The molecule has 2 heteroatoms. The van der Waals surface area contributed by atoms with Crippen LogP contribution in [0, 0.1) is 0 Å². The van der Waals surface area contributed by atoms with Crippen LogP contribution in [0.15, 0.2) is 0 Å². The lowest BCUT2D eigenvalue weighted by atomic mass is 10.4. The first-order chi connectivity index (χ1) is 3.13. The zero-order chi connectivity index (χ0) is 5.86. The molecule has 0 heterocycles. The van der Waals surface area contributed by atoms with E-state index in [2.05, 4.69) is 31.1 Å². The number of thiol groups is 1. The van der Waals surface area contributed by atoms with Crippen molar-refractivity contribution in [3.63, 3.8) is 0 Å². The van der Waals surface area contributed by atoms with Crippen molar-refractivity contribution < 1.29 is 0 Å². The molecule has 0 radical (unpaired) electrons. The van der Waals surface area contributed by atoms with Gasteiger partial charge in [-0.05, 0) is 26.4 Å². The van der Waals surface area contributed by atoms with Gasteiger partial charge in [0, 0.05) is 6.04 Å². The Hall–Kier alpha value is 0.310. The summed E-state index contributed by atoms with van der Waals surface area (Å²) in [7, 11) is 0. The van der Waals surface area contributed by atoms with Crippen LogP contribution in [-0.2, 0) is 0 Å². The second-order valence-electron chi connectivity index (χ2n) is 2.18. The molecule has 0 aliphatic heterocycles. The van der Waals surface area contributed by atoms with Gasteiger partial charge in [-0.3, -0.25) is 4.72 Å². The second-order valence-corrected chi connectivity index (χ2v) is 4.23. The topological polar surface area (TPSA) is 12.0 Å². The van der Waals surface area contributed by atoms with Crippen molar-refractivity contribution in [3.05, 3.63) is 0 Å². The maximum Gasteiger partial charge on any atom is 0.00973 e. The van der Waals surface area contributed by atoms with Gasteiger partial charge in [-0.2, -0.15) is 0 Å². The Labute approximate surface area is 49.0 Å². The van der Waals surface area contributed by atoms with E-state index in [1.54, 1.807) is 0 Å². The maximum absolute atomic E-state index is 3.37. The number of rotatable bonds is 2. The summed E-state index contributed by atoms with van der Waals surface area (Å²) in [5, 5.41) is 0. The normalized spacial score (nSPS) is 12.4. The zero-order valence-electron chi connectivity index (χ0n) is 5.52. The molecule has 0 amide bonds. The first-order valence-corrected chi connectivity index (χ1v) is 4.80. The quantitative estimate of drug-likeness (QED) is 0.522. The van der Waals surface area contributed by atoms with Gasteiger partial charge in [-0.15, -0.1) is 0 Å². The Morgan fingerprint density at radius 2 is 1.71 bits per heavy atom. The number of hydrogen-bond acceptors (Lipinski definition) is 1. The molecule has 0 unspecified atom stereocenters. The third-order valence-corrected chi connectivity index (χ3v) is 1.55. The van der Waals surface area contributed by atoms with Crippen LogP contribution in [0.5, 0.6) is 0 Å². The summed E-state index contributed by atoms with van der Waals surface area (Å²) in [5.41, 5.74) is 0. The van der Waals surface area contributed by atoms with Crippen LogP contribution in [0.2, 0.25) is 0 Å². The Morgan fingerprint density at radius 3 is 1.71 bits per heavy atom. The predicted molar refractivity (Wildman–Crippen MR) is 39.1 cm³/mol. The second kappa shape index (κ2) is 3.33. The van der Waals surface area contributed by atoms with Crippen LogP contribution in [0.4, 0.5) is 0 Å². The molecule has 0 aromatic rings. The van der Waals surface area contributed by atoms with Gasteiger partial charge in [0.1, 0.15) is 0 Å². The van der Waals surface area contributed by atoms with Crippen LogP contribution in [0.1, 0.15) is 13.8 Å². The summed E-state index contributed by atoms with van der Waals surface area (Å²) in [4.78, 5) is 0. The highest BCUT2D eigenvalue weighted by Crippen LogP contribution is 2.05. The van der Waals surface area contributed by atoms with Gasteiger partial charge in [0.25, 0.3) is 0 Å². The lowest BCUT2D eigenvalue weighted by Crippen LogP contribution is -2.17. The van der Waals surface area contributed by atoms with Gasteiger partial charge >= 0.3 is 0 Å². The van der Waals surface area contributed by atoms with Gasteiger partial charge in [-0.1, -0.05) is 0 Å². The fourth-order valence-electron chi connectivity index (χ4n) is 0.516. The van der Waals surface area contributed by atoms with Crippen LogP contribution >= 0.6 is 11.1 Å². The highest BCUT2D eigenvalue weighted by atomic mass is 32.2. The highest BCUT2D eigenvalue weighted by molar-refractivity contribution is 8.14. The third kappa shape index (κ3) is 6.31. The molecule has 0 aliphatic rings. The number of nitrogens with one attached hydrogen (secondary N) is 1. The lowest BCUT2D eigenvalue weighted by molar-refractivity contribution is 0.769. The van der Waals surface area contributed by atoms with E-state index in [1.807, 2.05) is 0 Å². The molecule has 0 rings (SSSR count). The van der Waals surface area contributed by atoms with E-state index in [-0.39, 0.29) is 11.1 Å². The van der Waals surface area contributed by atoms with Gasteiger partial charge < -0.3 is 0 Å². The molecule has 0 atom stereocenters. The average molecular weight is 121 g/mol. The SMILES string of the molecule is CC(C)N[SH](C)C. The standard InChI is InChI=1S/C5H15NS/c1-5(2)6-7(3)4/h5-7H,1-4H3. The Balaban J connectivity index is 2.95. The Bertz CT molecular complexity index is 37.3. The lowest BCUT2D eigenvalue weighted by Gasteiger charge is -2.14. The molecular formula is C5H15NS. The van der Waals surface area contributed by atoms with E-state index in [9.17, 15) is 0 Å². The van der Waals surface area contributed by atoms with E-state index in [0.29, 0.717) is 6.04 Å². The minimum absolute atomic E-state index is 0.110. The molecule has 0 aromatic heterocycles. The van der Waals surface area contributed by atoms with E-state index < -0.39 is 0 Å². The van der Waals surface area contributed by atoms with Crippen molar-refractivity contribution in [2.75, 3.05) is 12.5 Å². The first-order valence-electron chi connectivity index (χ1n) is 2.56. The van der Waals surface area contributed by atoms with Gasteiger partial charge in [0.2, 0.25) is 0 Å². The molecule has 0 fully saturated rings. The molecule has 7 heavy (non-hydrogen) atoms. The van der Waals surface area contributed by atoms with Crippen LogP contribution in [-0.4, -0.2) is 18.6 Å². The number of hydrogen-bond donors (Lipinski definition) is 2. The Morgan fingerprint density at radius 1 is 1.29 bits per heavy atom. The van der Waals surface area contributed by atoms with Gasteiger partial charge in [0.15, 0.2) is 0 Å². The van der Waals surface area contributed by atoms with Crippen molar-refractivity contribution in [1.82, 2.24) is 4.72 Å². The molecule has 1 nitrogen and oxygen atoms in total. The molecule has 0 spiro atoms. The van der Waals surface area contributed by atoms with Crippen molar-refractivity contribution in [2.24, 2.45) is 0 Å². The first kappa shape index (κ1) is 7.31. The molecule has 46 valence electrons. The monoisotopic (exact) mass is 121 g/mol. The van der Waals surface area contributed by atoms with Crippen LogP contribution in [0.25, 0.3) is 0 Å². The zero-order valence-corrected chi connectivity index (χ0v) is 6.42. The van der Waals surface area contributed by atoms with E-state index in [0.717, 1.165) is 0 Å². The molecule has 0 aliphatic carbocycles. The van der Waals surface area contributed by atoms with Crippen molar-refractivity contribution in [2.45, 2.75) is 19.9 Å². The van der Waals surface area contributed by atoms with Crippen LogP contribution < -0.4 is 4.72 Å². The largest absolute Gasteiger partial charge is 0.281 e. The maximum atomic E-state index is 3.37. The minimum atomic E-state index is 0.110. The van der Waals surface area contributed by atoms with Crippen LogP contribution in [0.3, 0.4) is 0 Å².